The van der Waals surface area contributed by atoms with Crippen molar-refractivity contribution in [2.45, 2.75) is 69.5 Å². The molecule has 12 heteroatoms. The average Bonchev–Trinajstić information content (AvgIpc) is 3.65. The Morgan fingerprint density at radius 1 is 0.854 bits per heavy atom. The van der Waals surface area contributed by atoms with E-state index < -0.39 is 6.04 Å². The van der Waals surface area contributed by atoms with Gasteiger partial charge in [-0.3, -0.25) is 19.2 Å². The van der Waals surface area contributed by atoms with E-state index in [4.69, 9.17) is 14.2 Å². The van der Waals surface area contributed by atoms with Crippen molar-refractivity contribution in [3.05, 3.63) is 0 Å². The molecule has 2 bridgehead atoms. The van der Waals surface area contributed by atoms with Crippen molar-refractivity contribution in [1.82, 2.24) is 25.3 Å². The van der Waals surface area contributed by atoms with E-state index in [9.17, 15) is 19.2 Å². The van der Waals surface area contributed by atoms with E-state index in [0.29, 0.717) is 91.0 Å². The molecule has 5 rings (SSSR count). The van der Waals surface area contributed by atoms with Crippen LogP contribution in [0.2, 0.25) is 0 Å². The Bertz CT molecular complexity index is 923. The quantitative estimate of drug-likeness (QED) is 0.468. The number of amides is 4. The average molecular weight is 578 g/mol. The van der Waals surface area contributed by atoms with Crippen molar-refractivity contribution in [3.63, 3.8) is 0 Å². The molecule has 4 saturated heterocycles. The second-order valence-electron chi connectivity index (χ2n) is 12.1. The van der Waals surface area contributed by atoms with E-state index in [1.165, 1.54) is 12.8 Å². The molecule has 4 amide bonds. The van der Waals surface area contributed by atoms with Crippen molar-refractivity contribution in [2.24, 2.45) is 11.8 Å². The molecule has 41 heavy (non-hydrogen) atoms. The van der Waals surface area contributed by atoms with Crippen LogP contribution in [-0.4, -0.2) is 135 Å². The molecular weight excluding hydrogens is 530 g/mol. The molecule has 0 radical (unpaired) electrons. The second-order valence-corrected chi connectivity index (χ2v) is 12.1. The van der Waals surface area contributed by atoms with Gasteiger partial charge in [0, 0.05) is 64.2 Å². The lowest BCUT2D eigenvalue weighted by molar-refractivity contribution is -0.144. The van der Waals surface area contributed by atoms with Crippen LogP contribution in [0.15, 0.2) is 0 Å². The van der Waals surface area contributed by atoms with E-state index in [-0.39, 0.29) is 61.1 Å². The van der Waals surface area contributed by atoms with Crippen molar-refractivity contribution in [1.29, 1.82) is 0 Å². The Kier molecular flexibility index (Phi) is 10.9. The first kappa shape index (κ1) is 30.2. The minimum absolute atomic E-state index is 0.0166. The Labute approximate surface area is 242 Å². The van der Waals surface area contributed by atoms with Crippen molar-refractivity contribution in [2.75, 3.05) is 78.9 Å². The summed E-state index contributed by atoms with van der Waals surface area (Å²) in [5.74, 6) is -0.455. The molecule has 4 aliphatic heterocycles. The summed E-state index contributed by atoms with van der Waals surface area (Å²) in [7, 11) is 0. The van der Waals surface area contributed by atoms with Gasteiger partial charge in [-0.05, 0) is 37.5 Å². The van der Waals surface area contributed by atoms with Gasteiger partial charge >= 0.3 is 0 Å². The van der Waals surface area contributed by atoms with Gasteiger partial charge in [0.2, 0.25) is 23.6 Å². The number of morpholine rings is 1. The second kappa shape index (κ2) is 14.8. The summed E-state index contributed by atoms with van der Waals surface area (Å²) in [6, 6.07) is -0.0384. The van der Waals surface area contributed by atoms with Gasteiger partial charge < -0.3 is 39.5 Å². The van der Waals surface area contributed by atoms with Gasteiger partial charge in [-0.1, -0.05) is 12.8 Å². The molecule has 0 spiro atoms. The molecule has 0 aromatic heterocycles. The zero-order valence-electron chi connectivity index (χ0n) is 24.2. The monoisotopic (exact) mass is 577 g/mol. The maximum absolute atomic E-state index is 13.9. The summed E-state index contributed by atoms with van der Waals surface area (Å²) in [6.45, 7) is 4.94. The topological polar surface area (TPSA) is 130 Å². The largest absolute Gasteiger partial charge is 0.378 e. The van der Waals surface area contributed by atoms with Gasteiger partial charge in [0.25, 0.3) is 0 Å². The van der Waals surface area contributed by atoms with Gasteiger partial charge in [-0.2, -0.15) is 0 Å². The third kappa shape index (κ3) is 8.18. The molecule has 5 aliphatic rings. The number of nitrogens with one attached hydrogen (secondary N) is 2. The number of fused-ring (bicyclic) bond motifs is 3. The van der Waals surface area contributed by atoms with Crippen LogP contribution in [0.5, 0.6) is 0 Å². The summed E-state index contributed by atoms with van der Waals surface area (Å²) < 4.78 is 16.5. The summed E-state index contributed by atoms with van der Waals surface area (Å²) in [4.78, 5) is 58.7. The Morgan fingerprint density at radius 2 is 1.61 bits per heavy atom. The third-order valence-corrected chi connectivity index (χ3v) is 9.38. The Balaban J connectivity index is 1.31. The number of ether oxygens (including phenoxy) is 3. The number of piperidine rings is 1. The fourth-order valence-electron chi connectivity index (χ4n) is 7.06. The summed E-state index contributed by atoms with van der Waals surface area (Å²) in [6.07, 6.45) is 6.47. The van der Waals surface area contributed by atoms with Crippen molar-refractivity contribution >= 4 is 23.6 Å². The number of carbonyl (C=O) groups is 4. The highest BCUT2D eigenvalue weighted by Crippen LogP contribution is 2.32. The highest BCUT2D eigenvalue weighted by molar-refractivity contribution is 5.88. The first-order valence-electron chi connectivity index (χ1n) is 15.6. The van der Waals surface area contributed by atoms with Crippen LogP contribution in [0.1, 0.15) is 51.4 Å². The van der Waals surface area contributed by atoms with Crippen LogP contribution < -0.4 is 10.6 Å². The molecule has 0 aromatic carbocycles. The molecule has 4 atom stereocenters. The molecule has 230 valence electrons. The van der Waals surface area contributed by atoms with Crippen LogP contribution in [0.25, 0.3) is 0 Å². The smallest absolute Gasteiger partial charge is 0.248 e. The highest BCUT2D eigenvalue weighted by Gasteiger charge is 2.42. The third-order valence-electron chi connectivity index (χ3n) is 9.38. The number of rotatable bonds is 4. The van der Waals surface area contributed by atoms with Crippen LogP contribution in [0.3, 0.4) is 0 Å². The van der Waals surface area contributed by atoms with Crippen LogP contribution in [0, 0.1) is 11.8 Å². The van der Waals surface area contributed by atoms with E-state index in [1.807, 2.05) is 4.90 Å². The van der Waals surface area contributed by atoms with Gasteiger partial charge in [0.05, 0.1) is 33.0 Å². The molecule has 5 fully saturated rings. The van der Waals surface area contributed by atoms with Crippen LogP contribution in [-0.2, 0) is 33.4 Å². The fourth-order valence-corrected chi connectivity index (χ4v) is 7.06. The number of hydrogen-bond acceptors (Lipinski definition) is 8. The molecule has 0 aromatic rings. The van der Waals surface area contributed by atoms with Crippen LogP contribution in [0.4, 0.5) is 0 Å². The highest BCUT2D eigenvalue weighted by atomic mass is 16.5. The maximum atomic E-state index is 13.9. The van der Waals surface area contributed by atoms with E-state index in [0.717, 1.165) is 12.8 Å². The molecule has 0 unspecified atom stereocenters. The Morgan fingerprint density at radius 3 is 2.41 bits per heavy atom. The minimum Gasteiger partial charge on any atom is -0.378 e. The molecule has 1 saturated carbocycles. The molecule has 2 N–H and O–H groups in total. The summed E-state index contributed by atoms with van der Waals surface area (Å²) >= 11 is 0. The lowest BCUT2D eigenvalue weighted by Crippen LogP contribution is -2.50. The van der Waals surface area contributed by atoms with E-state index in [2.05, 4.69) is 10.6 Å². The van der Waals surface area contributed by atoms with Crippen LogP contribution >= 0.6 is 0 Å². The number of nitrogens with zero attached hydrogens (tertiary/aromatic N) is 3. The molecule has 12 nitrogen and oxygen atoms in total. The van der Waals surface area contributed by atoms with Gasteiger partial charge in [-0.15, -0.1) is 0 Å². The Hall–Kier alpha value is -2.28. The number of carbonyl (C=O) groups excluding carboxylic acids is 4. The van der Waals surface area contributed by atoms with E-state index in [1.54, 1.807) is 9.80 Å². The van der Waals surface area contributed by atoms with E-state index >= 15 is 0 Å². The van der Waals surface area contributed by atoms with Gasteiger partial charge in [0.15, 0.2) is 0 Å². The predicted octanol–water partition coefficient (Wildman–Crippen LogP) is -0.245. The maximum Gasteiger partial charge on any atom is 0.248 e. The standard InChI is InChI=1S/C29H47N5O7/c35-26(32-8-11-40-12-9-32)15-21-5-7-33-18-22(21)16-27(36)34-19-24(31-23-3-1-2-4-23)17-25(34)29(38)30-6-10-39-13-14-41-20-28(33)37/h21-25,31H,1-20H2,(H,30,38)/t21-,22-,24-,25-/m0/s1. The molecular formula is C29H47N5O7. The lowest BCUT2D eigenvalue weighted by atomic mass is 9.80. The van der Waals surface area contributed by atoms with Crippen molar-refractivity contribution < 1.29 is 33.4 Å². The number of hydrogen-bond donors (Lipinski definition) is 2. The zero-order valence-corrected chi connectivity index (χ0v) is 24.2. The van der Waals surface area contributed by atoms with Gasteiger partial charge in [0.1, 0.15) is 12.6 Å². The van der Waals surface area contributed by atoms with Crippen molar-refractivity contribution in [3.8, 4) is 0 Å². The zero-order chi connectivity index (χ0) is 28.6. The SMILES string of the molecule is O=C1NCCOCCOCC(=O)N2CC[C@@H](CC(=O)N3CCOCC3)[C@@H](CC(=O)N3C[C@@H](NC4CCCC4)C[C@@H]13)C2. The predicted molar refractivity (Wildman–Crippen MR) is 149 cm³/mol. The summed E-state index contributed by atoms with van der Waals surface area (Å²) in [5.41, 5.74) is 0. The lowest BCUT2D eigenvalue weighted by Gasteiger charge is -2.40. The normalized spacial score (nSPS) is 31.6. The minimum atomic E-state index is -0.546. The molecule has 4 heterocycles. The summed E-state index contributed by atoms with van der Waals surface area (Å²) in [5, 5.41) is 6.67. The van der Waals surface area contributed by atoms with Gasteiger partial charge in [-0.25, -0.2) is 0 Å². The molecule has 1 aliphatic carbocycles. The first-order valence-corrected chi connectivity index (χ1v) is 15.6. The fraction of sp³-hybridized carbons (Fsp3) is 0.862. The first-order chi connectivity index (χ1) is 20.0.